The van der Waals surface area contributed by atoms with Gasteiger partial charge in [-0.05, 0) is 61.0 Å². The number of fused-ring (bicyclic) bond motifs is 2. The molecule has 6 rings (SSSR count). The van der Waals surface area contributed by atoms with Crippen molar-refractivity contribution in [2.45, 2.75) is 26.1 Å². The molecule has 0 bridgehead atoms. The van der Waals surface area contributed by atoms with Crippen molar-refractivity contribution in [1.82, 2.24) is 19.4 Å². The molecule has 2 aliphatic heterocycles. The lowest BCUT2D eigenvalue weighted by atomic mass is 10.2. The van der Waals surface area contributed by atoms with Gasteiger partial charge in [-0.1, -0.05) is 23.7 Å². The summed E-state index contributed by atoms with van der Waals surface area (Å²) >= 11 is 6.57. The van der Waals surface area contributed by atoms with Crippen molar-refractivity contribution in [3.63, 3.8) is 0 Å². The minimum atomic E-state index is 0.254. The molecular weight excluding hydrogens is 516 g/mol. The number of ether oxygens (including phenoxy) is 4. The highest BCUT2D eigenvalue weighted by Crippen LogP contribution is 2.37. The van der Waals surface area contributed by atoms with Crippen molar-refractivity contribution < 1.29 is 18.9 Å². The van der Waals surface area contributed by atoms with Crippen LogP contribution in [-0.4, -0.2) is 66.5 Å². The lowest BCUT2D eigenvalue weighted by Gasteiger charge is -2.22. The lowest BCUT2D eigenvalue weighted by molar-refractivity contribution is 0.174. The fraction of sp³-hybridized carbons (Fsp3) is 0.367. The molecule has 0 unspecified atom stereocenters. The second-order valence-electron chi connectivity index (χ2n) is 10.0. The Morgan fingerprint density at radius 1 is 0.821 bits per heavy atom. The highest BCUT2D eigenvalue weighted by atomic mass is 35.5. The molecule has 8 nitrogen and oxygen atoms in total. The molecule has 0 spiro atoms. The zero-order chi connectivity index (χ0) is 26.8. The van der Waals surface area contributed by atoms with E-state index in [0.29, 0.717) is 6.54 Å². The summed E-state index contributed by atoms with van der Waals surface area (Å²) in [6.45, 7) is 6.46. The molecule has 0 atom stereocenters. The Morgan fingerprint density at radius 2 is 1.51 bits per heavy atom. The zero-order valence-electron chi connectivity index (χ0n) is 22.4. The van der Waals surface area contributed by atoms with E-state index in [-0.39, 0.29) is 6.79 Å². The summed E-state index contributed by atoms with van der Waals surface area (Å²) in [5.74, 6) is 4.13. The Labute approximate surface area is 233 Å². The molecule has 1 aromatic heterocycles. The van der Waals surface area contributed by atoms with E-state index in [9.17, 15) is 0 Å². The summed E-state index contributed by atoms with van der Waals surface area (Å²) in [6.07, 6.45) is 1.08. The highest BCUT2D eigenvalue weighted by molar-refractivity contribution is 6.31. The van der Waals surface area contributed by atoms with Crippen molar-refractivity contribution in [1.29, 1.82) is 0 Å². The smallest absolute Gasteiger partial charge is 0.231 e. The van der Waals surface area contributed by atoms with Crippen molar-refractivity contribution >= 4 is 22.6 Å². The first-order valence-corrected chi connectivity index (χ1v) is 13.7. The summed E-state index contributed by atoms with van der Waals surface area (Å²) in [5.41, 5.74) is 4.32. The van der Waals surface area contributed by atoms with Gasteiger partial charge in [-0.15, -0.1) is 0 Å². The van der Waals surface area contributed by atoms with Crippen LogP contribution in [0.4, 0.5) is 0 Å². The maximum absolute atomic E-state index is 6.57. The van der Waals surface area contributed by atoms with Gasteiger partial charge in [0.05, 0.1) is 31.8 Å². The fourth-order valence-corrected chi connectivity index (χ4v) is 5.64. The van der Waals surface area contributed by atoms with Gasteiger partial charge in [-0.25, -0.2) is 4.98 Å². The summed E-state index contributed by atoms with van der Waals surface area (Å²) < 4.78 is 24.4. The van der Waals surface area contributed by atoms with E-state index < -0.39 is 0 Å². The molecule has 4 aromatic rings. The van der Waals surface area contributed by atoms with Crippen LogP contribution in [0.1, 0.15) is 23.4 Å². The number of aromatic nitrogens is 2. The predicted molar refractivity (Wildman–Crippen MR) is 151 cm³/mol. The van der Waals surface area contributed by atoms with E-state index in [1.54, 1.807) is 14.2 Å². The number of rotatable bonds is 8. The molecule has 0 aliphatic carbocycles. The van der Waals surface area contributed by atoms with Gasteiger partial charge in [0.2, 0.25) is 6.79 Å². The third kappa shape index (κ3) is 5.64. The van der Waals surface area contributed by atoms with Crippen LogP contribution in [0, 0.1) is 0 Å². The van der Waals surface area contributed by atoms with E-state index in [4.69, 9.17) is 35.5 Å². The normalized spacial score (nSPS) is 16.0. The molecule has 0 saturated carbocycles. The first-order valence-electron chi connectivity index (χ1n) is 13.3. The van der Waals surface area contributed by atoms with Crippen LogP contribution in [0.5, 0.6) is 23.0 Å². The number of nitrogens with zero attached hydrogens (tertiary/aromatic N) is 4. The Bertz CT molecular complexity index is 1450. The first-order chi connectivity index (χ1) is 19.1. The number of imidazole rings is 1. The van der Waals surface area contributed by atoms with Crippen molar-refractivity contribution in [2.75, 3.05) is 47.2 Å². The maximum Gasteiger partial charge on any atom is 0.231 e. The van der Waals surface area contributed by atoms with Crippen LogP contribution in [-0.2, 0) is 19.6 Å². The Morgan fingerprint density at radius 3 is 2.26 bits per heavy atom. The van der Waals surface area contributed by atoms with Crippen LogP contribution in [0.2, 0.25) is 5.02 Å². The van der Waals surface area contributed by atoms with Gasteiger partial charge < -0.3 is 23.5 Å². The summed E-state index contributed by atoms with van der Waals surface area (Å²) in [7, 11) is 3.36. The van der Waals surface area contributed by atoms with Gasteiger partial charge >= 0.3 is 0 Å². The van der Waals surface area contributed by atoms with Crippen LogP contribution in [0.25, 0.3) is 11.0 Å². The minimum absolute atomic E-state index is 0.254. The topological polar surface area (TPSA) is 61.2 Å². The van der Waals surface area contributed by atoms with Gasteiger partial charge in [0.1, 0.15) is 17.3 Å². The number of hydrogen-bond acceptors (Lipinski definition) is 7. The van der Waals surface area contributed by atoms with E-state index >= 15 is 0 Å². The molecule has 0 amide bonds. The van der Waals surface area contributed by atoms with Crippen molar-refractivity contribution in [3.05, 3.63) is 76.6 Å². The van der Waals surface area contributed by atoms with E-state index in [1.165, 1.54) is 0 Å². The number of methoxy groups -OCH3 is 2. The number of para-hydroxylation sites is 2. The van der Waals surface area contributed by atoms with E-state index in [1.807, 2.05) is 24.3 Å². The third-order valence-corrected chi connectivity index (χ3v) is 7.82. The quantitative estimate of drug-likeness (QED) is 0.300. The second kappa shape index (κ2) is 11.3. The maximum atomic E-state index is 6.57. The fourth-order valence-electron chi connectivity index (χ4n) is 5.42. The minimum Gasteiger partial charge on any atom is -0.497 e. The molecule has 0 N–H and O–H groups in total. The molecule has 1 saturated heterocycles. The third-order valence-electron chi connectivity index (χ3n) is 7.47. The lowest BCUT2D eigenvalue weighted by Crippen LogP contribution is -2.31. The second-order valence-corrected chi connectivity index (χ2v) is 10.4. The number of benzene rings is 3. The molecule has 3 heterocycles. The average Bonchev–Trinajstić information content (AvgIpc) is 3.47. The molecule has 9 heteroatoms. The zero-order valence-corrected chi connectivity index (χ0v) is 23.1. The van der Waals surface area contributed by atoms with Gasteiger partial charge in [0, 0.05) is 43.3 Å². The highest BCUT2D eigenvalue weighted by Gasteiger charge is 2.22. The van der Waals surface area contributed by atoms with Crippen LogP contribution in [0.3, 0.4) is 0 Å². The van der Waals surface area contributed by atoms with Gasteiger partial charge in [-0.3, -0.25) is 9.80 Å². The van der Waals surface area contributed by atoms with E-state index in [2.05, 4.69) is 44.7 Å². The van der Waals surface area contributed by atoms with Gasteiger partial charge in [0.25, 0.3) is 0 Å². The summed E-state index contributed by atoms with van der Waals surface area (Å²) in [4.78, 5) is 10.0. The summed E-state index contributed by atoms with van der Waals surface area (Å²) in [6, 6.07) is 18.2. The Kier molecular flexibility index (Phi) is 7.50. The summed E-state index contributed by atoms with van der Waals surface area (Å²) in [5, 5.41) is 0.725. The van der Waals surface area contributed by atoms with Crippen molar-refractivity contribution in [3.8, 4) is 23.0 Å². The molecular formula is C30H33ClN4O4. The van der Waals surface area contributed by atoms with E-state index in [0.717, 1.165) is 102 Å². The largest absolute Gasteiger partial charge is 0.497 e. The number of halogens is 1. The van der Waals surface area contributed by atoms with Crippen LogP contribution >= 0.6 is 11.6 Å². The van der Waals surface area contributed by atoms with Gasteiger partial charge in [0.15, 0.2) is 11.5 Å². The Balaban J connectivity index is 1.18. The van der Waals surface area contributed by atoms with Crippen LogP contribution < -0.4 is 18.9 Å². The van der Waals surface area contributed by atoms with Gasteiger partial charge in [-0.2, -0.15) is 0 Å². The van der Waals surface area contributed by atoms with Crippen molar-refractivity contribution in [2.24, 2.45) is 0 Å². The molecule has 2 aliphatic rings. The number of hydrogen-bond donors (Lipinski definition) is 0. The standard InChI is InChI=1S/C30H33ClN4O4/c1-36-23-12-21(13-24(15-23)37-2)17-35-27-7-4-3-6-26(27)32-30(35)19-34-9-5-8-33(10-11-34)18-22-14-28-29(16-25(22)31)39-20-38-28/h3-4,6-7,12-16H,5,8-11,17-20H2,1-2H3. The molecule has 39 heavy (non-hydrogen) atoms. The average molecular weight is 549 g/mol. The molecule has 1 fully saturated rings. The SMILES string of the molecule is COc1cc(Cn2c(CN3CCCN(Cc4cc5c(cc4Cl)OCO5)CC3)nc3ccccc32)cc(OC)c1. The predicted octanol–water partition coefficient (Wildman–Crippen LogP) is 5.19. The molecule has 0 radical (unpaired) electrons. The van der Waals surface area contributed by atoms with Crippen LogP contribution in [0.15, 0.2) is 54.6 Å². The first kappa shape index (κ1) is 25.8. The monoisotopic (exact) mass is 548 g/mol. The molecule has 204 valence electrons. The Hall–Kier alpha value is -3.46. The molecule has 3 aromatic carbocycles.